The Morgan fingerprint density at radius 3 is 2.50 bits per heavy atom. The average molecular weight is 162 g/mol. The van der Waals surface area contributed by atoms with Gasteiger partial charge in [-0.1, -0.05) is 6.58 Å². The molecule has 12 heavy (non-hydrogen) atoms. The Bertz CT molecular complexity index is 290. The molecule has 0 heterocycles. The molecule has 1 amide bonds. The predicted molar refractivity (Wildman–Crippen MR) is 48.5 cm³/mol. The van der Waals surface area contributed by atoms with Crippen LogP contribution in [0.5, 0.6) is 0 Å². The maximum atomic E-state index is 11.1. The van der Waals surface area contributed by atoms with Crippen LogP contribution in [0.15, 0.2) is 37.0 Å². The number of hydrogen-bond acceptors (Lipinski definition) is 2. The van der Waals surface area contributed by atoms with Crippen molar-refractivity contribution in [2.45, 2.75) is 0 Å². The average Bonchev–Trinajstić information content (AvgIpc) is 2.06. The van der Waals surface area contributed by atoms with Crippen molar-refractivity contribution >= 4 is 11.6 Å². The largest absolute Gasteiger partial charge is 0.399 e. The Hall–Kier alpha value is -1.77. The third kappa shape index (κ3) is 1.85. The van der Waals surface area contributed by atoms with Crippen LogP contribution in [-0.4, -0.2) is 5.91 Å². The molecule has 0 fully saturated rings. The Morgan fingerprint density at radius 1 is 1.42 bits per heavy atom. The van der Waals surface area contributed by atoms with Gasteiger partial charge < -0.3 is 11.1 Å². The standard InChI is InChI=1S/C9H10N2O/c1-2-11-9(12)7-3-5-8(10)6-4-7/h2-6H,1,10H2,(H,11,12). The highest BCUT2D eigenvalue weighted by Gasteiger charge is 2.00. The molecule has 1 aromatic rings. The van der Waals surface area contributed by atoms with Gasteiger partial charge in [0.1, 0.15) is 0 Å². The van der Waals surface area contributed by atoms with Crippen LogP contribution in [0.4, 0.5) is 5.69 Å². The van der Waals surface area contributed by atoms with E-state index < -0.39 is 0 Å². The molecule has 3 N–H and O–H groups in total. The number of nitrogens with two attached hydrogens (primary N) is 1. The maximum absolute atomic E-state index is 11.1. The number of nitrogen functional groups attached to an aromatic ring is 1. The molecule has 3 nitrogen and oxygen atoms in total. The van der Waals surface area contributed by atoms with Gasteiger partial charge in [-0.05, 0) is 30.5 Å². The lowest BCUT2D eigenvalue weighted by Gasteiger charge is -1.99. The number of hydrogen-bond donors (Lipinski definition) is 2. The molecule has 0 unspecified atom stereocenters. The summed E-state index contributed by atoms with van der Waals surface area (Å²) in [6.45, 7) is 3.39. The summed E-state index contributed by atoms with van der Waals surface area (Å²) in [5.74, 6) is -0.176. The van der Waals surface area contributed by atoms with Gasteiger partial charge in [-0.25, -0.2) is 0 Å². The molecule has 0 spiro atoms. The lowest BCUT2D eigenvalue weighted by atomic mass is 10.2. The first kappa shape index (κ1) is 8.33. The maximum Gasteiger partial charge on any atom is 0.255 e. The van der Waals surface area contributed by atoms with Crippen molar-refractivity contribution in [3.63, 3.8) is 0 Å². The molecule has 0 aliphatic rings. The minimum atomic E-state index is -0.176. The third-order valence-electron chi connectivity index (χ3n) is 1.41. The zero-order valence-corrected chi connectivity index (χ0v) is 6.58. The monoisotopic (exact) mass is 162 g/mol. The summed E-state index contributed by atoms with van der Waals surface area (Å²) in [5, 5.41) is 2.47. The molecule has 3 heteroatoms. The van der Waals surface area contributed by atoms with E-state index in [4.69, 9.17) is 5.73 Å². The van der Waals surface area contributed by atoms with Crippen molar-refractivity contribution in [1.29, 1.82) is 0 Å². The van der Waals surface area contributed by atoms with Crippen LogP contribution in [0.1, 0.15) is 10.4 Å². The van der Waals surface area contributed by atoms with E-state index in [2.05, 4.69) is 11.9 Å². The number of benzene rings is 1. The van der Waals surface area contributed by atoms with Crippen molar-refractivity contribution in [1.82, 2.24) is 5.32 Å². The summed E-state index contributed by atoms with van der Waals surface area (Å²) in [6.07, 6.45) is 1.35. The van der Waals surface area contributed by atoms with Gasteiger partial charge in [0.15, 0.2) is 0 Å². The van der Waals surface area contributed by atoms with Crippen LogP contribution < -0.4 is 11.1 Å². The van der Waals surface area contributed by atoms with Gasteiger partial charge in [0.2, 0.25) is 0 Å². The summed E-state index contributed by atoms with van der Waals surface area (Å²) >= 11 is 0. The third-order valence-corrected chi connectivity index (χ3v) is 1.41. The van der Waals surface area contributed by atoms with E-state index in [0.717, 1.165) is 0 Å². The van der Waals surface area contributed by atoms with Crippen molar-refractivity contribution < 1.29 is 4.79 Å². The van der Waals surface area contributed by atoms with Crippen LogP contribution in [0.3, 0.4) is 0 Å². The van der Waals surface area contributed by atoms with Crippen LogP contribution >= 0.6 is 0 Å². The van der Waals surface area contributed by atoms with Crippen molar-refractivity contribution in [3.05, 3.63) is 42.6 Å². The molecule has 0 radical (unpaired) electrons. The quantitative estimate of drug-likeness (QED) is 0.641. The van der Waals surface area contributed by atoms with E-state index in [1.54, 1.807) is 24.3 Å². The first-order chi connectivity index (χ1) is 5.74. The summed E-state index contributed by atoms with van der Waals surface area (Å²) in [6, 6.07) is 6.68. The van der Waals surface area contributed by atoms with Crippen molar-refractivity contribution in [3.8, 4) is 0 Å². The van der Waals surface area contributed by atoms with Gasteiger partial charge in [0, 0.05) is 11.3 Å². The molecule has 0 saturated carbocycles. The normalized spacial score (nSPS) is 9.00. The number of anilines is 1. The molecule has 0 saturated heterocycles. The van der Waals surface area contributed by atoms with Gasteiger partial charge in [-0.3, -0.25) is 4.79 Å². The zero-order valence-electron chi connectivity index (χ0n) is 6.58. The fourth-order valence-corrected chi connectivity index (χ4v) is 0.811. The molecule has 1 aromatic carbocycles. The van der Waals surface area contributed by atoms with Crippen LogP contribution in [-0.2, 0) is 0 Å². The molecular formula is C9H10N2O. The van der Waals surface area contributed by atoms with Crippen LogP contribution in [0.25, 0.3) is 0 Å². The molecule has 0 aliphatic carbocycles. The molecule has 0 aliphatic heterocycles. The summed E-state index contributed by atoms with van der Waals surface area (Å²) < 4.78 is 0. The van der Waals surface area contributed by atoms with E-state index in [9.17, 15) is 4.79 Å². The van der Waals surface area contributed by atoms with E-state index in [-0.39, 0.29) is 5.91 Å². The fraction of sp³-hybridized carbons (Fsp3) is 0. The minimum absolute atomic E-state index is 0.176. The van der Waals surface area contributed by atoms with Gasteiger partial charge in [-0.15, -0.1) is 0 Å². The number of carbonyl (C=O) groups is 1. The molecule has 0 bridgehead atoms. The zero-order chi connectivity index (χ0) is 8.97. The highest BCUT2D eigenvalue weighted by atomic mass is 16.1. The van der Waals surface area contributed by atoms with Crippen molar-refractivity contribution in [2.24, 2.45) is 0 Å². The first-order valence-electron chi connectivity index (χ1n) is 3.51. The molecule has 62 valence electrons. The smallest absolute Gasteiger partial charge is 0.255 e. The number of rotatable bonds is 2. The van der Waals surface area contributed by atoms with Gasteiger partial charge in [0.25, 0.3) is 5.91 Å². The van der Waals surface area contributed by atoms with Gasteiger partial charge >= 0.3 is 0 Å². The fourth-order valence-electron chi connectivity index (χ4n) is 0.811. The molecule has 0 atom stereocenters. The van der Waals surface area contributed by atoms with Crippen LogP contribution in [0.2, 0.25) is 0 Å². The summed E-state index contributed by atoms with van der Waals surface area (Å²) in [7, 11) is 0. The van der Waals surface area contributed by atoms with Crippen molar-refractivity contribution in [2.75, 3.05) is 5.73 Å². The molecular weight excluding hydrogens is 152 g/mol. The second-order valence-corrected chi connectivity index (χ2v) is 2.30. The molecule has 1 rings (SSSR count). The Morgan fingerprint density at radius 2 is 2.00 bits per heavy atom. The number of nitrogens with one attached hydrogen (secondary N) is 1. The van der Waals surface area contributed by atoms with E-state index in [0.29, 0.717) is 11.3 Å². The highest BCUT2D eigenvalue weighted by Crippen LogP contribution is 2.04. The molecule has 0 aromatic heterocycles. The predicted octanol–water partition coefficient (Wildman–Crippen LogP) is 1.14. The van der Waals surface area contributed by atoms with Crippen LogP contribution in [0, 0.1) is 0 Å². The second-order valence-electron chi connectivity index (χ2n) is 2.30. The number of amides is 1. The van der Waals surface area contributed by atoms with Gasteiger partial charge in [-0.2, -0.15) is 0 Å². The van der Waals surface area contributed by atoms with E-state index in [1.165, 1.54) is 6.20 Å². The number of carbonyl (C=O) groups excluding carboxylic acids is 1. The Kier molecular flexibility index (Phi) is 2.48. The SMILES string of the molecule is C=CNC(=O)c1ccc(N)cc1. The second kappa shape index (κ2) is 3.57. The lowest BCUT2D eigenvalue weighted by molar-refractivity contribution is 0.0970. The summed E-state index contributed by atoms with van der Waals surface area (Å²) in [4.78, 5) is 11.1. The first-order valence-corrected chi connectivity index (χ1v) is 3.51. The lowest BCUT2D eigenvalue weighted by Crippen LogP contribution is -2.16. The Balaban J connectivity index is 2.82. The van der Waals surface area contributed by atoms with Gasteiger partial charge in [0.05, 0.1) is 0 Å². The Labute approximate surface area is 70.9 Å². The van der Waals surface area contributed by atoms with E-state index >= 15 is 0 Å². The summed E-state index contributed by atoms with van der Waals surface area (Å²) in [5.41, 5.74) is 6.67. The highest BCUT2D eigenvalue weighted by molar-refractivity contribution is 5.94. The van der Waals surface area contributed by atoms with E-state index in [1.807, 2.05) is 0 Å². The topological polar surface area (TPSA) is 55.1 Å². The minimum Gasteiger partial charge on any atom is -0.399 e.